The smallest absolute Gasteiger partial charge is 0.309 e. The highest BCUT2D eigenvalue weighted by atomic mass is 32.2. The number of nitriles is 1. The van der Waals surface area contributed by atoms with Gasteiger partial charge in [0.25, 0.3) is 0 Å². The number of hydrogen-bond donors (Lipinski definition) is 1. The van der Waals surface area contributed by atoms with Gasteiger partial charge in [-0.05, 0) is 81.5 Å². The molecule has 16 heteroatoms. The summed E-state index contributed by atoms with van der Waals surface area (Å²) in [6, 6.07) is 13.4. The Morgan fingerprint density at radius 2 is 1.85 bits per heavy atom. The molecule has 244 valence electrons. The Balaban J connectivity index is 1.55. The minimum atomic E-state index is -4.60. The van der Waals surface area contributed by atoms with Crippen LogP contribution in [0.4, 0.5) is 19.1 Å². The number of aromatic nitrogens is 6. The molecule has 0 spiro atoms. The molecule has 5 aromatic rings. The summed E-state index contributed by atoms with van der Waals surface area (Å²) in [4.78, 5) is 23.5. The number of alkyl halides is 3. The molecule has 3 heterocycles. The molecule has 3 aromatic heterocycles. The molecular formula is C31H30F3N9O3S. The molecule has 0 aliphatic heterocycles. The van der Waals surface area contributed by atoms with E-state index in [0.717, 1.165) is 12.1 Å². The molecular weight excluding hydrogens is 635 g/mol. The van der Waals surface area contributed by atoms with Crippen molar-refractivity contribution in [2.45, 2.75) is 25.9 Å². The molecule has 5 rings (SSSR count). The van der Waals surface area contributed by atoms with Crippen molar-refractivity contribution < 1.29 is 26.4 Å². The zero-order chi connectivity index (χ0) is 33.9. The third kappa shape index (κ3) is 7.64. The fourth-order valence-corrected chi connectivity index (χ4v) is 6.28. The first-order valence-electron chi connectivity index (χ1n) is 14.4. The predicted octanol–water partition coefficient (Wildman–Crippen LogP) is 4.54. The Morgan fingerprint density at radius 3 is 2.53 bits per heavy atom. The number of fused-ring (bicyclic) bond motifs is 1. The van der Waals surface area contributed by atoms with Gasteiger partial charge in [0.1, 0.15) is 6.33 Å². The third-order valence-corrected chi connectivity index (χ3v) is 9.08. The molecule has 0 bridgehead atoms. The van der Waals surface area contributed by atoms with Crippen molar-refractivity contribution in [2.24, 2.45) is 0 Å². The zero-order valence-electron chi connectivity index (χ0n) is 25.7. The van der Waals surface area contributed by atoms with Crippen molar-refractivity contribution in [1.82, 2.24) is 34.3 Å². The van der Waals surface area contributed by atoms with Gasteiger partial charge in [-0.3, -0.25) is 10.1 Å². The van der Waals surface area contributed by atoms with Crippen LogP contribution < -0.4 is 5.32 Å². The van der Waals surface area contributed by atoms with E-state index in [-0.39, 0.29) is 35.1 Å². The summed E-state index contributed by atoms with van der Waals surface area (Å²) in [5.41, 5.74) is 1.79. The predicted molar refractivity (Wildman–Crippen MR) is 168 cm³/mol. The summed E-state index contributed by atoms with van der Waals surface area (Å²) >= 11 is 0. The second kappa shape index (κ2) is 13.3. The van der Waals surface area contributed by atoms with E-state index in [2.05, 4.69) is 31.6 Å². The normalized spacial score (nSPS) is 12.0. The highest BCUT2D eigenvalue weighted by Crippen LogP contribution is 2.38. The van der Waals surface area contributed by atoms with Gasteiger partial charge in [-0.2, -0.15) is 28.5 Å². The van der Waals surface area contributed by atoms with Gasteiger partial charge < -0.3 is 4.90 Å². The van der Waals surface area contributed by atoms with Crippen LogP contribution in [0.5, 0.6) is 0 Å². The standard InChI is InChI=1S/C31H30F3N9O3S/c1-20-25(28-36-19-37-43(28)24-10-8-21(17-35)9-11-24)18-42-29(27(20)22-6-4-7-23(16-22)31(32,33)34)39-30(40-42)38-26(44)12-15-47(45,46)14-5-13-41(2)3/h4,6-11,16,18-19H,5,12-15H2,1-3H3,(H,38,40,44). The van der Waals surface area contributed by atoms with Crippen molar-refractivity contribution in [3.63, 3.8) is 0 Å². The maximum Gasteiger partial charge on any atom is 0.416 e. The van der Waals surface area contributed by atoms with Crippen LogP contribution in [0, 0.1) is 18.3 Å². The van der Waals surface area contributed by atoms with E-state index in [4.69, 9.17) is 0 Å². The first-order valence-corrected chi connectivity index (χ1v) is 16.2. The van der Waals surface area contributed by atoms with Crippen LogP contribution in [-0.2, 0) is 20.8 Å². The van der Waals surface area contributed by atoms with Crippen molar-refractivity contribution in [2.75, 3.05) is 37.5 Å². The third-order valence-electron chi connectivity index (χ3n) is 7.35. The summed E-state index contributed by atoms with van der Waals surface area (Å²) in [5, 5.41) is 20.4. The Morgan fingerprint density at radius 1 is 1.11 bits per heavy atom. The highest BCUT2D eigenvalue weighted by molar-refractivity contribution is 7.91. The van der Waals surface area contributed by atoms with Crippen molar-refractivity contribution >= 4 is 27.3 Å². The molecule has 0 aliphatic carbocycles. The summed E-state index contributed by atoms with van der Waals surface area (Å²) in [6.07, 6.45) is -1.60. The summed E-state index contributed by atoms with van der Waals surface area (Å²) in [6.45, 7) is 2.30. The number of sulfone groups is 1. The van der Waals surface area contributed by atoms with Crippen LogP contribution in [0.25, 0.3) is 33.8 Å². The molecule has 1 amide bonds. The van der Waals surface area contributed by atoms with Gasteiger partial charge in [0.05, 0.1) is 34.4 Å². The number of pyridine rings is 1. The first kappa shape index (κ1) is 33.2. The number of carbonyl (C=O) groups excluding carboxylic acids is 1. The molecule has 0 unspecified atom stereocenters. The number of halogens is 3. The van der Waals surface area contributed by atoms with Crippen molar-refractivity contribution in [3.05, 3.63) is 77.7 Å². The Hall–Kier alpha value is -5.14. The molecule has 0 aliphatic rings. The van der Waals surface area contributed by atoms with Gasteiger partial charge in [-0.15, -0.1) is 5.10 Å². The SMILES string of the molecule is Cc1c(-c2ncnn2-c2ccc(C#N)cc2)cn2nc(NC(=O)CCS(=O)(=O)CCCN(C)C)nc2c1-c1cccc(C(F)(F)F)c1. The lowest BCUT2D eigenvalue weighted by Gasteiger charge is -2.15. The molecule has 12 nitrogen and oxygen atoms in total. The van der Waals surface area contributed by atoms with Gasteiger partial charge in [0, 0.05) is 23.7 Å². The van der Waals surface area contributed by atoms with E-state index in [1.807, 2.05) is 19.0 Å². The number of nitrogens with one attached hydrogen (secondary N) is 1. The summed E-state index contributed by atoms with van der Waals surface area (Å²) in [5.74, 6) is -0.860. The van der Waals surface area contributed by atoms with Crippen LogP contribution in [-0.4, -0.2) is 80.7 Å². The highest BCUT2D eigenvalue weighted by Gasteiger charge is 2.31. The zero-order valence-corrected chi connectivity index (χ0v) is 26.5. The van der Waals surface area contributed by atoms with E-state index < -0.39 is 27.5 Å². The fraction of sp³-hybridized carbons (Fsp3) is 0.290. The first-order chi connectivity index (χ1) is 22.3. The quantitative estimate of drug-likeness (QED) is 0.215. The van der Waals surface area contributed by atoms with E-state index in [1.54, 1.807) is 37.4 Å². The molecule has 0 atom stereocenters. The molecule has 47 heavy (non-hydrogen) atoms. The van der Waals surface area contributed by atoms with E-state index >= 15 is 0 Å². The Bertz CT molecular complexity index is 2080. The minimum Gasteiger partial charge on any atom is -0.309 e. The number of carbonyl (C=O) groups is 1. The Kier molecular flexibility index (Phi) is 9.40. The second-order valence-electron chi connectivity index (χ2n) is 11.1. The number of hydrogen-bond acceptors (Lipinski definition) is 9. The number of benzene rings is 2. The monoisotopic (exact) mass is 665 g/mol. The molecule has 0 fully saturated rings. The lowest BCUT2D eigenvalue weighted by molar-refractivity contribution is -0.137. The van der Waals surface area contributed by atoms with Crippen LogP contribution in [0.15, 0.2) is 61.1 Å². The second-order valence-corrected chi connectivity index (χ2v) is 13.4. The molecule has 0 saturated carbocycles. The molecule has 0 saturated heterocycles. The van der Waals surface area contributed by atoms with Crippen molar-refractivity contribution in [3.8, 4) is 34.3 Å². The minimum absolute atomic E-state index is 0.0550. The maximum absolute atomic E-state index is 13.7. The lowest BCUT2D eigenvalue weighted by atomic mass is 9.96. The van der Waals surface area contributed by atoms with Crippen LogP contribution in [0.1, 0.15) is 29.5 Å². The van der Waals surface area contributed by atoms with Crippen LogP contribution >= 0.6 is 0 Å². The van der Waals surface area contributed by atoms with E-state index in [0.29, 0.717) is 46.7 Å². The van der Waals surface area contributed by atoms with E-state index in [1.165, 1.54) is 27.7 Å². The van der Waals surface area contributed by atoms with Crippen molar-refractivity contribution in [1.29, 1.82) is 5.26 Å². The molecule has 0 radical (unpaired) electrons. The topological polar surface area (TPSA) is 151 Å². The van der Waals surface area contributed by atoms with Gasteiger partial charge in [-0.25, -0.2) is 22.6 Å². The average Bonchev–Trinajstić information content (AvgIpc) is 3.66. The number of amides is 1. The molecule has 1 N–H and O–H groups in total. The maximum atomic E-state index is 13.7. The van der Waals surface area contributed by atoms with Gasteiger partial charge in [0.15, 0.2) is 21.3 Å². The average molecular weight is 666 g/mol. The van der Waals surface area contributed by atoms with Gasteiger partial charge in [0.2, 0.25) is 11.9 Å². The largest absolute Gasteiger partial charge is 0.416 e. The Labute approximate surface area is 268 Å². The number of nitrogens with zero attached hydrogens (tertiary/aromatic N) is 8. The number of anilines is 1. The van der Waals surface area contributed by atoms with Crippen LogP contribution in [0.2, 0.25) is 0 Å². The lowest BCUT2D eigenvalue weighted by Crippen LogP contribution is -2.22. The van der Waals surface area contributed by atoms with Crippen LogP contribution in [0.3, 0.4) is 0 Å². The van der Waals surface area contributed by atoms with E-state index in [9.17, 15) is 31.6 Å². The van der Waals surface area contributed by atoms with Gasteiger partial charge in [-0.1, -0.05) is 12.1 Å². The summed E-state index contributed by atoms with van der Waals surface area (Å²) in [7, 11) is 0.205. The van der Waals surface area contributed by atoms with Gasteiger partial charge >= 0.3 is 6.18 Å². The molecule has 2 aromatic carbocycles. The number of rotatable bonds is 11. The summed E-state index contributed by atoms with van der Waals surface area (Å²) < 4.78 is 68.9. The fourth-order valence-electron chi connectivity index (χ4n) is 5.01.